The third-order valence-corrected chi connectivity index (χ3v) is 3.20. The van der Waals surface area contributed by atoms with E-state index in [1.165, 1.54) is 0 Å². The first-order valence-electron chi connectivity index (χ1n) is 6.00. The van der Waals surface area contributed by atoms with Gasteiger partial charge < -0.3 is 4.90 Å². The highest BCUT2D eigenvalue weighted by atomic mass is 16.2. The molecule has 0 saturated carbocycles. The van der Waals surface area contributed by atoms with Crippen molar-refractivity contribution in [2.75, 3.05) is 32.7 Å². The van der Waals surface area contributed by atoms with Gasteiger partial charge in [0.2, 0.25) is 0 Å². The lowest BCUT2D eigenvalue weighted by molar-refractivity contribution is 0.0651. The average molecular weight is 247 g/mol. The first-order valence-corrected chi connectivity index (χ1v) is 6.00. The van der Waals surface area contributed by atoms with Crippen molar-refractivity contribution >= 4 is 5.91 Å². The van der Waals surface area contributed by atoms with E-state index < -0.39 is 0 Å². The standard InChI is InChI=1S/C12H17N5O/c1-10-11(9-15(2)14-10)12(18)17-7-5-16(4-3-13)6-8-17/h9H,4-8H2,1-2H3. The molecule has 1 aromatic heterocycles. The topological polar surface area (TPSA) is 65.2 Å². The Morgan fingerprint density at radius 2 is 2.11 bits per heavy atom. The molecule has 1 amide bonds. The van der Waals surface area contributed by atoms with Crippen molar-refractivity contribution in [1.82, 2.24) is 19.6 Å². The van der Waals surface area contributed by atoms with Crippen molar-refractivity contribution < 1.29 is 4.79 Å². The molecule has 1 fully saturated rings. The van der Waals surface area contributed by atoms with Crippen molar-refractivity contribution in [3.8, 4) is 6.07 Å². The summed E-state index contributed by atoms with van der Waals surface area (Å²) in [6.45, 7) is 5.16. The Kier molecular flexibility index (Phi) is 3.63. The summed E-state index contributed by atoms with van der Waals surface area (Å²) in [4.78, 5) is 16.2. The summed E-state index contributed by atoms with van der Waals surface area (Å²) < 4.78 is 1.66. The Morgan fingerprint density at radius 1 is 1.44 bits per heavy atom. The SMILES string of the molecule is Cc1nn(C)cc1C(=O)N1CCN(CC#N)CC1. The Hall–Kier alpha value is -1.87. The third kappa shape index (κ3) is 2.51. The molecular weight excluding hydrogens is 230 g/mol. The van der Waals surface area contributed by atoms with Crippen LogP contribution in [0.4, 0.5) is 0 Å². The number of carbonyl (C=O) groups excluding carboxylic acids is 1. The van der Waals surface area contributed by atoms with Gasteiger partial charge in [-0.1, -0.05) is 0 Å². The van der Waals surface area contributed by atoms with Crippen molar-refractivity contribution in [3.05, 3.63) is 17.5 Å². The van der Waals surface area contributed by atoms with Gasteiger partial charge in [-0.05, 0) is 6.92 Å². The first-order chi connectivity index (χ1) is 8.61. The highest BCUT2D eigenvalue weighted by molar-refractivity contribution is 5.95. The summed E-state index contributed by atoms with van der Waals surface area (Å²) in [7, 11) is 1.81. The molecule has 2 rings (SSSR count). The van der Waals surface area contributed by atoms with Crippen LogP contribution in [0.25, 0.3) is 0 Å². The smallest absolute Gasteiger partial charge is 0.257 e. The summed E-state index contributed by atoms with van der Waals surface area (Å²) in [5.74, 6) is 0.0391. The van der Waals surface area contributed by atoms with Crippen LogP contribution in [-0.4, -0.2) is 58.2 Å². The van der Waals surface area contributed by atoms with Crippen LogP contribution in [0.2, 0.25) is 0 Å². The third-order valence-electron chi connectivity index (χ3n) is 3.20. The summed E-state index contributed by atoms with van der Waals surface area (Å²) in [5.41, 5.74) is 1.44. The molecule has 6 heteroatoms. The predicted octanol–water partition coefficient (Wildman–Crippen LogP) is 0.00990. The molecule has 0 aliphatic carbocycles. The monoisotopic (exact) mass is 247 g/mol. The Bertz CT molecular complexity index is 479. The Morgan fingerprint density at radius 3 is 2.61 bits per heavy atom. The van der Waals surface area contributed by atoms with Gasteiger partial charge in [0.05, 0.1) is 23.9 Å². The molecule has 0 unspecified atom stereocenters. The largest absolute Gasteiger partial charge is 0.336 e. The second kappa shape index (κ2) is 5.19. The molecule has 1 aliphatic rings. The molecule has 0 atom stereocenters. The molecule has 96 valence electrons. The molecule has 2 heterocycles. The Balaban J connectivity index is 2.00. The van der Waals surface area contributed by atoms with Gasteiger partial charge in [0.15, 0.2) is 0 Å². The van der Waals surface area contributed by atoms with Crippen molar-refractivity contribution in [2.45, 2.75) is 6.92 Å². The molecule has 1 saturated heterocycles. The van der Waals surface area contributed by atoms with Gasteiger partial charge in [0.25, 0.3) is 5.91 Å². The lowest BCUT2D eigenvalue weighted by Gasteiger charge is -2.33. The minimum atomic E-state index is 0.0391. The van der Waals surface area contributed by atoms with E-state index in [4.69, 9.17) is 5.26 Å². The van der Waals surface area contributed by atoms with Crippen LogP contribution < -0.4 is 0 Å². The fraction of sp³-hybridized carbons (Fsp3) is 0.583. The summed E-state index contributed by atoms with van der Waals surface area (Å²) in [6.07, 6.45) is 1.76. The maximum absolute atomic E-state index is 12.3. The minimum Gasteiger partial charge on any atom is -0.336 e. The summed E-state index contributed by atoms with van der Waals surface area (Å²) in [6, 6.07) is 2.13. The van der Waals surface area contributed by atoms with Gasteiger partial charge >= 0.3 is 0 Å². The van der Waals surface area contributed by atoms with Crippen LogP contribution in [0.5, 0.6) is 0 Å². The number of hydrogen-bond donors (Lipinski definition) is 0. The zero-order valence-corrected chi connectivity index (χ0v) is 10.8. The van der Waals surface area contributed by atoms with Crippen LogP contribution in [0.15, 0.2) is 6.20 Å². The van der Waals surface area contributed by atoms with E-state index in [0.717, 1.165) is 18.8 Å². The van der Waals surface area contributed by atoms with Crippen molar-refractivity contribution in [2.24, 2.45) is 7.05 Å². The fourth-order valence-electron chi connectivity index (χ4n) is 2.19. The zero-order valence-electron chi connectivity index (χ0n) is 10.8. The predicted molar refractivity (Wildman–Crippen MR) is 65.9 cm³/mol. The Labute approximate surface area is 106 Å². The van der Waals surface area contributed by atoms with E-state index in [1.807, 2.05) is 18.9 Å². The molecule has 0 bridgehead atoms. The quantitative estimate of drug-likeness (QED) is 0.691. The molecule has 0 radical (unpaired) electrons. The van der Waals surface area contributed by atoms with E-state index in [9.17, 15) is 4.79 Å². The molecule has 0 aromatic carbocycles. The van der Waals surface area contributed by atoms with Gasteiger partial charge in [-0.15, -0.1) is 0 Å². The molecule has 6 nitrogen and oxygen atoms in total. The number of piperazine rings is 1. The summed E-state index contributed by atoms with van der Waals surface area (Å²) in [5, 5.41) is 12.8. The number of aromatic nitrogens is 2. The number of amides is 1. The fourth-order valence-corrected chi connectivity index (χ4v) is 2.19. The maximum atomic E-state index is 12.3. The number of aryl methyl sites for hydroxylation is 2. The van der Waals surface area contributed by atoms with E-state index >= 15 is 0 Å². The molecule has 0 spiro atoms. The first kappa shape index (κ1) is 12.6. The molecule has 1 aliphatic heterocycles. The second-order valence-corrected chi connectivity index (χ2v) is 4.53. The van der Waals surface area contributed by atoms with Crippen LogP contribution in [-0.2, 0) is 7.05 Å². The van der Waals surface area contributed by atoms with Crippen LogP contribution >= 0.6 is 0 Å². The number of nitriles is 1. The van der Waals surface area contributed by atoms with Gasteiger partial charge in [-0.25, -0.2) is 0 Å². The van der Waals surface area contributed by atoms with Crippen LogP contribution in [0, 0.1) is 18.3 Å². The minimum absolute atomic E-state index is 0.0391. The van der Waals surface area contributed by atoms with Gasteiger partial charge in [0.1, 0.15) is 0 Å². The molecule has 18 heavy (non-hydrogen) atoms. The van der Waals surface area contributed by atoms with Crippen LogP contribution in [0.1, 0.15) is 16.1 Å². The summed E-state index contributed by atoms with van der Waals surface area (Å²) >= 11 is 0. The molecule has 0 N–H and O–H groups in total. The maximum Gasteiger partial charge on any atom is 0.257 e. The second-order valence-electron chi connectivity index (χ2n) is 4.53. The van der Waals surface area contributed by atoms with E-state index in [-0.39, 0.29) is 5.91 Å². The van der Waals surface area contributed by atoms with Gasteiger partial charge in [-0.2, -0.15) is 10.4 Å². The van der Waals surface area contributed by atoms with Gasteiger partial charge in [0, 0.05) is 39.4 Å². The number of hydrogen-bond acceptors (Lipinski definition) is 4. The zero-order chi connectivity index (χ0) is 13.1. The van der Waals surface area contributed by atoms with Crippen molar-refractivity contribution in [3.63, 3.8) is 0 Å². The van der Waals surface area contributed by atoms with Crippen molar-refractivity contribution in [1.29, 1.82) is 5.26 Å². The van der Waals surface area contributed by atoms with E-state index in [0.29, 0.717) is 25.2 Å². The number of nitrogens with zero attached hydrogens (tertiary/aromatic N) is 5. The molecular formula is C12H17N5O. The normalized spacial score (nSPS) is 16.6. The van der Waals surface area contributed by atoms with Crippen LogP contribution in [0.3, 0.4) is 0 Å². The highest BCUT2D eigenvalue weighted by Gasteiger charge is 2.24. The van der Waals surface area contributed by atoms with E-state index in [2.05, 4.69) is 16.1 Å². The number of carbonyl (C=O) groups is 1. The van der Waals surface area contributed by atoms with Gasteiger partial charge in [-0.3, -0.25) is 14.4 Å². The molecule has 1 aromatic rings. The number of rotatable bonds is 2. The highest BCUT2D eigenvalue weighted by Crippen LogP contribution is 2.11. The average Bonchev–Trinajstić information content (AvgIpc) is 2.69. The van der Waals surface area contributed by atoms with E-state index in [1.54, 1.807) is 10.9 Å². The lowest BCUT2D eigenvalue weighted by Crippen LogP contribution is -2.48. The lowest BCUT2D eigenvalue weighted by atomic mass is 10.2.